The summed E-state index contributed by atoms with van der Waals surface area (Å²) in [5.41, 5.74) is 1.86. The molecular formula is C21H19F3N4O2S. The number of carbonyl (C=O) groups excluding carboxylic acids is 2. The number of nitrogens with zero attached hydrogens (tertiary/aromatic N) is 3. The number of amides is 2. The highest BCUT2D eigenvalue weighted by atomic mass is 32.2. The molecule has 0 spiro atoms. The average Bonchev–Trinajstić information content (AvgIpc) is 3.01. The van der Waals surface area contributed by atoms with Crippen LogP contribution in [0.5, 0.6) is 0 Å². The third-order valence-corrected chi connectivity index (χ3v) is 6.00. The van der Waals surface area contributed by atoms with Crippen LogP contribution in [0.15, 0.2) is 53.7 Å². The van der Waals surface area contributed by atoms with Crippen molar-refractivity contribution in [3.8, 4) is 0 Å². The van der Waals surface area contributed by atoms with E-state index >= 15 is 0 Å². The predicted octanol–water partition coefficient (Wildman–Crippen LogP) is 4.45. The molecule has 2 amide bonds. The van der Waals surface area contributed by atoms with E-state index in [4.69, 9.17) is 0 Å². The van der Waals surface area contributed by atoms with Crippen LogP contribution in [0.4, 0.5) is 24.5 Å². The van der Waals surface area contributed by atoms with Crippen LogP contribution in [-0.4, -0.2) is 39.3 Å². The molecule has 6 nitrogen and oxygen atoms in total. The van der Waals surface area contributed by atoms with Crippen LogP contribution < -0.4 is 10.2 Å². The van der Waals surface area contributed by atoms with Crippen molar-refractivity contribution in [1.29, 1.82) is 0 Å². The molecule has 0 fully saturated rings. The molecule has 2 aromatic carbocycles. The molecule has 10 heteroatoms. The fourth-order valence-corrected chi connectivity index (χ4v) is 4.60. The molecule has 1 atom stereocenters. The van der Waals surface area contributed by atoms with Gasteiger partial charge in [0.05, 0.1) is 34.6 Å². The lowest BCUT2D eigenvalue weighted by molar-refractivity contribution is -0.157. The molecule has 0 saturated heterocycles. The van der Waals surface area contributed by atoms with Crippen LogP contribution in [0.25, 0.3) is 11.0 Å². The Morgan fingerprint density at radius 3 is 2.65 bits per heavy atom. The maximum Gasteiger partial charge on any atom is 0.409 e. The fourth-order valence-electron chi connectivity index (χ4n) is 3.66. The standard InChI is InChI=1S/C21H19F3N4O2S/c1-2-27-15-9-5-3-7-13(15)26-20(27)31-12-19(30)28-16-10-6-4-8-14(16)25-18(29)11-17(28)21(22,23)24/h3-10,17H,2,11-12H2,1H3,(H,25,29). The molecule has 1 aliphatic rings. The third kappa shape index (κ3) is 4.12. The van der Waals surface area contributed by atoms with E-state index in [9.17, 15) is 22.8 Å². The van der Waals surface area contributed by atoms with Crippen LogP contribution in [0.2, 0.25) is 0 Å². The number of benzene rings is 2. The number of fused-ring (bicyclic) bond motifs is 2. The van der Waals surface area contributed by atoms with Gasteiger partial charge in [-0.05, 0) is 31.2 Å². The molecule has 4 rings (SSSR count). The number of alkyl halides is 3. The topological polar surface area (TPSA) is 67.2 Å². The molecule has 1 aliphatic heterocycles. The molecule has 1 N–H and O–H groups in total. The van der Waals surface area contributed by atoms with Gasteiger partial charge < -0.3 is 9.88 Å². The molecule has 0 radical (unpaired) electrons. The Morgan fingerprint density at radius 2 is 1.90 bits per heavy atom. The Bertz CT molecular complexity index is 1150. The van der Waals surface area contributed by atoms with Gasteiger partial charge in [0, 0.05) is 6.54 Å². The molecule has 1 aromatic heterocycles. The molecule has 1 unspecified atom stereocenters. The van der Waals surface area contributed by atoms with Crippen molar-refractivity contribution in [3.05, 3.63) is 48.5 Å². The SMILES string of the molecule is CCn1c(SCC(=O)N2c3ccccc3NC(=O)CC2C(F)(F)F)nc2ccccc21. The lowest BCUT2D eigenvalue weighted by atomic mass is 10.1. The number of aryl methyl sites for hydroxylation is 1. The van der Waals surface area contributed by atoms with Gasteiger partial charge in [0.25, 0.3) is 0 Å². The third-order valence-electron chi connectivity index (χ3n) is 5.04. The van der Waals surface area contributed by atoms with Gasteiger partial charge in [-0.15, -0.1) is 0 Å². The van der Waals surface area contributed by atoms with Crippen molar-refractivity contribution in [2.24, 2.45) is 0 Å². The van der Waals surface area contributed by atoms with Gasteiger partial charge in [-0.25, -0.2) is 4.98 Å². The highest BCUT2D eigenvalue weighted by Crippen LogP contribution is 2.38. The number of halogens is 3. The number of imidazole rings is 1. The van der Waals surface area contributed by atoms with E-state index in [-0.39, 0.29) is 17.1 Å². The van der Waals surface area contributed by atoms with E-state index < -0.39 is 30.5 Å². The summed E-state index contributed by atoms with van der Waals surface area (Å²) >= 11 is 1.08. The molecule has 3 aromatic rings. The molecule has 2 heterocycles. The number of thioether (sulfide) groups is 1. The summed E-state index contributed by atoms with van der Waals surface area (Å²) in [4.78, 5) is 30.4. The number of hydrogen-bond donors (Lipinski definition) is 1. The zero-order valence-corrected chi connectivity index (χ0v) is 17.3. The van der Waals surface area contributed by atoms with Gasteiger partial charge in [0.1, 0.15) is 6.04 Å². The highest BCUT2D eigenvalue weighted by Gasteiger charge is 2.48. The minimum Gasteiger partial charge on any atom is -0.324 e. The Labute approximate surface area is 180 Å². The second-order valence-corrected chi connectivity index (χ2v) is 7.95. The van der Waals surface area contributed by atoms with Crippen LogP contribution in [0.3, 0.4) is 0 Å². The van der Waals surface area contributed by atoms with E-state index in [0.29, 0.717) is 16.6 Å². The highest BCUT2D eigenvalue weighted by molar-refractivity contribution is 7.99. The zero-order valence-electron chi connectivity index (χ0n) is 16.5. The second-order valence-electron chi connectivity index (χ2n) is 7.01. The van der Waals surface area contributed by atoms with E-state index in [1.165, 1.54) is 18.2 Å². The molecule has 0 saturated carbocycles. The quantitative estimate of drug-likeness (QED) is 0.599. The summed E-state index contributed by atoms with van der Waals surface area (Å²) in [5, 5.41) is 3.02. The number of rotatable bonds is 4. The first kappa shape index (κ1) is 21.2. The molecule has 0 aliphatic carbocycles. The van der Waals surface area contributed by atoms with Crippen LogP contribution in [0, 0.1) is 0 Å². The van der Waals surface area contributed by atoms with Crippen molar-refractivity contribution < 1.29 is 22.8 Å². The second kappa shape index (κ2) is 8.26. The zero-order chi connectivity index (χ0) is 22.2. The smallest absolute Gasteiger partial charge is 0.324 e. The van der Waals surface area contributed by atoms with Gasteiger partial charge in [-0.3, -0.25) is 14.5 Å². The van der Waals surface area contributed by atoms with E-state index in [1.807, 2.05) is 35.8 Å². The average molecular weight is 448 g/mol. The molecular weight excluding hydrogens is 429 g/mol. The number of nitrogens with one attached hydrogen (secondary N) is 1. The fraction of sp³-hybridized carbons (Fsp3) is 0.286. The number of carbonyl (C=O) groups is 2. The normalized spacial score (nSPS) is 16.7. The van der Waals surface area contributed by atoms with Gasteiger partial charge in [0.15, 0.2) is 5.16 Å². The predicted molar refractivity (Wildman–Crippen MR) is 113 cm³/mol. The van der Waals surface area contributed by atoms with E-state index in [1.54, 1.807) is 6.07 Å². The van der Waals surface area contributed by atoms with Crippen LogP contribution >= 0.6 is 11.8 Å². The summed E-state index contributed by atoms with van der Waals surface area (Å²) in [7, 11) is 0. The maximum atomic E-state index is 13.8. The van der Waals surface area contributed by atoms with Gasteiger partial charge >= 0.3 is 6.18 Å². The van der Waals surface area contributed by atoms with Crippen LogP contribution in [-0.2, 0) is 16.1 Å². The van der Waals surface area contributed by atoms with Crippen molar-refractivity contribution in [1.82, 2.24) is 9.55 Å². The summed E-state index contributed by atoms with van der Waals surface area (Å²) in [6, 6.07) is 11.2. The maximum absolute atomic E-state index is 13.8. The van der Waals surface area contributed by atoms with Crippen LogP contribution in [0.1, 0.15) is 13.3 Å². The van der Waals surface area contributed by atoms with Crippen molar-refractivity contribution in [2.45, 2.75) is 37.3 Å². The van der Waals surface area contributed by atoms with Gasteiger partial charge in [0.2, 0.25) is 11.8 Å². The Hall–Kier alpha value is -3.01. The minimum absolute atomic E-state index is 0.0327. The van der Waals surface area contributed by atoms with Gasteiger partial charge in [-0.1, -0.05) is 36.0 Å². The number of para-hydroxylation sites is 4. The molecule has 0 bridgehead atoms. The Kier molecular flexibility index (Phi) is 5.65. The summed E-state index contributed by atoms with van der Waals surface area (Å²) in [6.07, 6.45) is -5.62. The summed E-state index contributed by atoms with van der Waals surface area (Å²) in [6.45, 7) is 2.54. The first-order valence-corrected chi connectivity index (χ1v) is 10.6. The number of anilines is 2. The monoisotopic (exact) mass is 448 g/mol. The Balaban J connectivity index is 1.66. The number of hydrogen-bond acceptors (Lipinski definition) is 4. The molecule has 162 valence electrons. The van der Waals surface area contributed by atoms with Crippen molar-refractivity contribution in [3.63, 3.8) is 0 Å². The lowest BCUT2D eigenvalue weighted by Crippen LogP contribution is -2.50. The lowest BCUT2D eigenvalue weighted by Gasteiger charge is -2.31. The summed E-state index contributed by atoms with van der Waals surface area (Å²) < 4.78 is 43.4. The first-order chi connectivity index (χ1) is 14.8. The van der Waals surface area contributed by atoms with Crippen molar-refractivity contribution in [2.75, 3.05) is 16.0 Å². The van der Waals surface area contributed by atoms with Gasteiger partial charge in [-0.2, -0.15) is 13.2 Å². The van der Waals surface area contributed by atoms with E-state index in [2.05, 4.69) is 10.3 Å². The first-order valence-electron chi connectivity index (χ1n) is 9.65. The number of aromatic nitrogens is 2. The summed E-state index contributed by atoms with van der Waals surface area (Å²) in [5.74, 6) is -1.78. The van der Waals surface area contributed by atoms with Crippen molar-refractivity contribution >= 4 is 46.0 Å². The Morgan fingerprint density at radius 1 is 1.19 bits per heavy atom. The molecule has 31 heavy (non-hydrogen) atoms. The minimum atomic E-state index is -4.76. The largest absolute Gasteiger partial charge is 0.409 e. The van der Waals surface area contributed by atoms with E-state index in [0.717, 1.165) is 22.8 Å².